The number of phenols is 2. The van der Waals surface area contributed by atoms with Crippen molar-refractivity contribution in [2.24, 2.45) is 0 Å². The predicted octanol–water partition coefficient (Wildman–Crippen LogP) is 3.26. The number of rotatable bonds is 1. The van der Waals surface area contributed by atoms with Gasteiger partial charge in [0, 0.05) is 11.7 Å². The number of nitrogens with zero attached hydrogens (tertiary/aromatic N) is 3. The van der Waals surface area contributed by atoms with Gasteiger partial charge in [-0.05, 0) is 39.0 Å². The molecule has 108 valence electrons. The van der Waals surface area contributed by atoms with Gasteiger partial charge in [-0.15, -0.1) is 0 Å². The van der Waals surface area contributed by atoms with Crippen LogP contribution in [0.1, 0.15) is 20.8 Å². The molecule has 3 aromatic rings. The Labute approximate surface area is 122 Å². The molecule has 5 nitrogen and oxygen atoms in total. The van der Waals surface area contributed by atoms with E-state index >= 15 is 0 Å². The molecule has 0 bridgehead atoms. The molecule has 2 heterocycles. The van der Waals surface area contributed by atoms with Crippen LogP contribution in [-0.2, 0) is 5.54 Å². The van der Waals surface area contributed by atoms with Gasteiger partial charge in [-0.2, -0.15) is 0 Å². The fourth-order valence-corrected chi connectivity index (χ4v) is 2.50. The molecule has 0 radical (unpaired) electrons. The molecule has 2 aromatic heterocycles. The Morgan fingerprint density at radius 2 is 1.86 bits per heavy atom. The fraction of sp³-hybridized carbons (Fsp3) is 0.250. The van der Waals surface area contributed by atoms with Crippen LogP contribution in [-0.4, -0.2) is 24.7 Å². The topological polar surface area (TPSA) is 71.2 Å². The van der Waals surface area contributed by atoms with Crippen molar-refractivity contribution in [2.45, 2.75) is 26.3 Å². The number of pyridine rings is 1. The average molecular weight is 283 g/mol. The van der Waals surface area contributed by atoms with E-state index < -0.39 is 0 Å². The number of fused-ring (bicyclic) bond motifs is 1. The summed E-state index contributed by atoms with van der Waals surface area (Å²) in [5.74, 6) is 0.295. The average Bonchev–Trinajstić information content (AvgIpc) is 2.80. The summed E-state index contributed by atoms with van der Waals surface area (Å²) in [4.78, 5) is 8.68. The van der Waals surface area contributed by atoms with Crippen LogP contribution in [0.5, 0.6) is 11.5 Å². The first-order valence-corrected chi connectivity index (χ1v) is 6.74. The van der Waals surface area contributed by atoms with Gasteiger partial charge in [0.2, 0.25) is 0 Å². The molecular weight excluding hydrogens is 266 g/mol. The van der Waals surface area contributed by atoms with Crippen LogP contribution >= 0.6 is 0 Å². The summed E-state index contributed by atoms with van der Waals surface area (Å²) in [5.41, 5.74) is 1.96. The molecule has 0 aliphatic heterocycles. The molecule has 0 fully saturated rings. The molecular formula is C16H17N3O2. The number of imidazole rings is 1. The van der Waals surface area contributed by atoms with Crippen LogP contribution in [0.3, 0.4) is 0 Å². The first-order chi connectivity index (χ1) is 9.89. The van der Waals surface area contributed by atoms with E-state index in [0.29, 0.717) is 11.4 Å². The molecule has 0 aliphatic rings. The molecule has 0 atom stereocenters. The summed E-state index contributed by atoms with van der Waals surface area (Å²) in [6.07, 6.45) is 3.42. The van der Waals surface area contributed by atoms with Gasteiger partial charge in [-0.1, -0.05) is 6.07 Å². The molecule has 0 saturated heterocycles. The Morgan fingerprint density at radius 3 is 2.57 bits per heavy atom. The maximum atomic E-state index is 10.1. The van der Waals surface area contributed by atoms with E-state index in [9.17, 15) is 10.2 Å². The quantitative estimate of drug-likeness (QED) is 0.672. The highest BCUT2D eigenvalue weighted by Gasteiger charge is 2.24. The summed E-state index contributed by atoms with van der Waals surface area (Å²) in [6.45, 7) is 6.20. The number of phenolic OH excluding ortho intramolecular Hbond substituents is 2. The highest BCUT2D eigenvalue weighted by Crippen LogP contribution is 2.38. The zero-order valence-electron chi connectivity index (χ0n) is 12.2. The Kier molecular flexibility index (Phi) is 2.86. The van der Waals surface area contributed by atoms with Gasteiger partial charge in [0.1, 0.15) is 11.3 Å². The van der Waals surface area contributed by atoms with Gasteiger partial charge >= 0.3 is 0 Å². The largest absolute Gasteiger partial charge is 0.504 e. The smallest absolute Gasteiger partial charge is 0.168 e. The minimum Gasteiger partial charge on any atom is -0.504 e. The Bertz CT molecular complexity index is 816. The number of benzene rings is 1. The minimum atomic E-state index is -0.233. The molecule has 0 unspecified atom stereocenters. The predicted molar refractivity (Wildman–Crippen MR) is 81.3 cm³/mol. The van der Waals surface area contributed by atoms with Crippen molar-refractivity contribution in [3.63, 3.8) is 0 Å². The van der Waals surface area contributed by atoms with Crippen LogP contribution in [0.15, 0.2) is 36.7 Å². The van der Waals surface area contributed by atoms with Crippen LogP contribution < -0.4 is 0 Å². The van der Waals surface area contributed by atoms with Crippen molar-refractivity contribution in [2.75, 3.05) is 0 Å². The second kappa shape index (κ2) is 4.48. The van der Waals surface area contributed by atoms with Crippen molar-refractivity contribution in [1.29, 1.82) is 0 Å². The third kappa shape index (κ3) is 2.11. The molecule has 3 rings (SSSR count). The summed E-state index contributed by atoms with van der Waals surface area (Å²) >= 11 is 0. The van der Waals surface area contributed by atoms with E-state index in [1.165, 1.54) is 6.07 Å². The Hall–Kier alpha value is -2.56. The molecule has 0 amide bonds. The monoisotopic (exact) mass is 283 g/mol. The molecule has 5 heteroatoms. The number of aromatic nitrogens is 3. The molecule has 0 aliphatic carbocycles. The first kappa shape index (κ1) is 13.4. The Balaban J connectivity index is 2.40. The molecule has 0 saturated carbocycles. The normalized spacial score (nSPS) is 12.0. The summed E-state index contributed by atoms with van der Waals surface area (Å²) < 4.78 is 2.04. The van der Waals surface area contributed by atoms with Gasteiger partial charge in [0.25, 0.3) is 0 Å². The van der Waals surface area contributed by atoms with Crippen LogP contribution in [0.2, 0.25) is 0 Å². The van der Waals surface area contributed by atoms with Gasteiger partial charge in [-0.25, -0.2) is 4.98 Å². The molecule has 21 heavy (non-hydrogen) atoms. The lowest BCUT2D eigenvalue weighted by Gasteiger charge is -2.25. The maximum Gasteiger partial charge on any atom is 0.168 e. The summed E-state index contributed by atoms with van der Waals surface area (Å²) in [7, 11) is 0. The van der Waals surface area contributed by atoms with Crippen molar-refractivity contribution >= 4 is 11.0 Å². The number of para-hydroxylation sites is 1. The lowest BCUT2D eigenvalue weighted by atomic mass is 10.1. The van der Waals surface area contributed by atoms with Crippen LogP contribution in [0.4, 0.5) is 0 Å². The highest BCUT2D eigenvalue weighted by molar-refractivity contribution is 5.82. The summed E-state index contributed by atoms with van der Waals surface area (Å²) in [6, 6.07) is 6.78. The van der Waals surface area contributed by atoms with E-state index in [1.807, 2.05) is 10.6 Å². The second-order valence-corrected chi connectivity index (χ2v) is 5.98. The molecule has 2 N–H and O–H groups in total. The third-order valence-electron chi connectivity index (χ3n) is 3.38. The van der Waals surface area contributed by atoms with Crippen molar-refractivity contribution in [1.82, 2.24) is 14.5 Å². The van der Waals surface area contributed by atoms with Crippen LogP contribution in [0, 0.1) is 0 Å². The summed E-state index contributed by atoms with van der Waals surface area (Å²) in [5, 5.41) is 19.9. The van der Waals surface area contributed by atoms with Gasteiger partial charge < -0.3 is 14.8 Å². The number of hydrogen-bond acceptors (Lipinski definition) is 4. The van der Waals surface area contributed by atoms with E-state index in [1.54, 1.807) is 24.5 Å². The van der Waals surface area contributed by atoms with Crippen LogP contribution in [0.25, 0.3) is 22.4 Å². The lowest BCUT2D eigenvalue weighted by molar-refractivity contribution is 0.399. The number of hydrogen-bond donors (Lipinski definition) is 2. The Morgan fingerprint density at radius 1 is 1.10 bits per heavy atom. The maximum absolute atomic E-state index is 10.1. The zero-order valence-corrected chi connectivity index (χ0v) is 12.2. The van der Waals surface area contributed by atoms with E-state index in [2.05, 4.69) is 30.7 Å². The van der Waals surface area contributed by atoms with Gasteiger partial charge in [0.05, 0.1) is 17.3 Å². The lowest BCUT2D eigenvalue weighted by Crippen LogP contribution is -2.22. The van der Waals surface area contributed by atoms with Crippen molar-refractivity contribution in [3.8, 4) is 22.9 Å². The van der Waals surface area contributed by atoms with Crippen molar-refractivity contribution in [3.05, 3.63) is 36.7 Å². The van der Waals surface area contributed by atoms with Gasteiger partial charge in [0.15, 0.2) is 11.5 Å². The van der Waals surface area contributed by atoms with E-state index in [4.69, 9.17) is 0 Å². The number of aromatic hydroxyl groups is 2. The standard InChI is InChI=1S/C16H17N3O2/c1-16(2,3)19-12-7-8-17-9-11(12)18-15(19)10-5-4-6-13(20)14(10)21/h4-9,20-21H,1-3H3. The minimum absolute atomic E-state index is 0.154. The molecule has 1 aromatic carbocycles. The SMILES string of the molecule is CC(C)(C)n1c(-c2cccc(O)c2O)nc2cnccc21. The zero-order chi connectivity index (χ0) is 15.2. The highest BCUT2D eigenvalue weighted by atomic mass is 16.3. The first-order valence-electron chi connectivity index (χ1n) is 6.74. The molecule has 0 spiro atoms. The van der Waals surface area contributed by atoms with E-state index in [-0.39, 0.29) is 17.0 Å². The van der Waals surface area contributed by atoms with Gasteiger partial charge in [-0.3, -0.25) is 4.98 Å². The van der Waals surface area contributed by atoms with Crippen molar-refractivity contribution < 1.29 is 10.2 Å². The fourth-order valence-electron chi connectivity index (χ4n) is 2.50. The third-order valence-corrected chi connectivity index (χ3v) is 3.38. The second-order valence-electron chi connectivity index (χ2n) is 5.98. The van der Waals surface area contributed by atoms with E-state index in [0.717, 1.165) is 11.0 Å².